The van der Waals surface area contributed by atoms with Gasteiger partial charge in [0.05, 0.1) is 4.90 Å². The molecular weight excluding hydrogens is 252 g/mol. The Morgan fingerprint density at radius 3 is 2.17 bits per heavy atom. The van der Waals surface area contributed by atoms with Crippen molar-refractivity contribution >= 4 is 17.4 Å². The molecule has 0 fully saturated rings. The average Bonchev–Trinajstić information content (AvgIpc) is 2.30. The van der Waals surface area contributed by atoms with Crippen LogP contribution in [0.25, 0.3) is 0 Å². The summed E-state index contributed by atoms with van der Waals surface area (Å²) in [4.78, 5) is 0.0951. The monoisotopic (exact) mass is 273 g/mol. The van der Waals surface area contributed by atoms with Crippen molar-refractivity contribution in [3.05, 3.63) is 23.8 Å². The van der Waals surface area contributed by atoms with Crippen LogP contribution >= 0.6 is 11.8 Å². The van der Waals surface area contributed by atoms with Crippen LogP contribution < -0.4 is 5.73 Å². The van der Waals surface area contributed by atoms with Crippen molar-refractivity contribution in [1.29, 1.82) is 0 Å². The molecule has 0 spiro atoms. The van der Waals surface area contributed by atoms with Crippen molar-refractivity contribution in [3.8, 4) is 0 Å². The van der Waals surface area contributed by atoms with Crippen molar-refractivity contribution in [1.82, 2.24) is 0 Å². The Hall–Kier alpha value is -0.770. The molecule has 1 rings (SSSR count). The Balaban J connectivity index is 2.27. The number of nitrogen functional groups attached to an aromatic ring is 1. The normalized spacial score (nSPS) is 10.8. The second kappa shape index (κ2) is 8.35. The smallest absolute Gasteiger partial charge is 0.141 e. The zero-order chi connectivity index (χ0) is 13.4. The maximum absolute atomic E-state index is 13.4. The number of rotatable bonds is 8. The molecule has 0 aromatic heterocycles. The number of halogens is 2. The van der Waals surface area contributed by atoms with Crippen LogP contribution in [0.3, 0.4) is 0 Å². The molecule has 18 heavy (non-hydrogen) atoms. The molecule has 0 saturated heterocycles. The van der Waals surface area contributed by atoms with Crippen molar-refractivity contribution in [2.24, 2.45) is 0 Å². The fraction of sp³-hybridized carbons (Fsp3) is 0.571. The second-order valence-corrected chi connectivity index (χ2v) is 5.54. The summed E-state index contributed by atoms with van der Waals surface area (Å²) in [5, 5.41) is 0. The predicted molar refractivity (Wildman–Crippen MR) is 74.9 cm³/mol. The lowest BCUT2D eigenvalue weighted by Crippen LogP contribution is -1.94. The largest absolute Gasteiger partial charge is 0.399 e. The topological polar surface area (TPSA) is 26.0 Å². The Kier molecular flexibility index (Phi) is 7.09. The van der Waals surface area contributed by atoms with Gasteiger partial charge in [-0.05, 0) is 24.3 Å². The van der Waals surface area contributed by atoms with E-state index in [1.54, 1.807) is 0 Å². The summed E-state index contributed by atoms with van der Waals surface area (Å²) in [6.07, 6.45) is 7.10. The van der Waals surface area contributed by atoms with Crippen LogP contribution in [0.15, 0.2) is 17.0 Å². The highest BCUT2D eigenvalue weighted by atomic mass is 32.2. The molecule has 0 bridgehead atoms. The Morgan fingerprint density at radius 1 is 1.00 bits per heavy atom. The third-order valence-electron chi connectivity index (χ3n) is 2.76. The van der Waals surface area contributed by atoms with Crippen LogP contribution in [0.4, 0.5) is 14.5 Å². The summed E-state index contributed by atoms with van der Waals surface area (Å²) < 4.78 is 26.9. The molecule has 1 aromatic carbocycles. The fourth-order valence-corrected chi connectivity index (χ4v) is 2.72. The number of nitrogens with two attached hydrogens (primary N) is 1. The molecule has 1 nitrogen and oxygen atoms in total. The molecule has 0 radical (unpaired) electrons. The first-order chi connectivity index (χ1) is 8.65. The molecule has 102 valence electrons. The lowest BCUT2D eigenvalue weighted by molar-refractivity contribution is 0.541. The molecule has 4 heteroatoms. The number of thioether (sulfide) groups is 1. The van der Waals surface area contributed by atoms with E-state index in [1.807, 2.05) is 0 Å². The van der Waals surface area contributed by atoms with E-state index in [9.17, 15) is 8.78 Å². The minimum Gasteiger partial charge on any atom is -0.399 e. The van der Waals surface area contributed by atoms with E-state index >= 15 is 0 Å². The van der Waals surface area contributed by atoms with Crippen molar-refractivity contribution in [2.45, 2.75) is 50.3 Å². The highest BCUT2D eigenvalue weighted by molar-refractivity contribution is 7.99. The highest BCUT2D eigenvalue weighted by Crippen LogP contribution is 2.28. The van der Waals surface area contributed by atoms with E-state index in [4.69, 9.17) is 5.73 Å². The van der Waals surface area contributed by atoms with Crippen LogP contribution in [0.1, 0.15) is 45.4 Å². The summed E-state index contributed by atoms with van der Waals surface area (Å²) in [6.45, 7) is 2.18. The molecule has 0 aliphatic carbocycles. The van der Waals surface area contributed by atoms with Gasteiger partial charge in [-0.2, -0.15) is 0 Å². The average molecular weight is 273 g/mol. The Labute approximate surface area is 112 Å². The van der Waals surface area contributed by atoms with Gasteiger partial charge in [-0.25, -0.2) is 8.78 Å². The van der Waals surface area contributed by atoms with Gasteiger partial charge in [-0.1, -0.05) is 39.0 Å². The molecule has 0 saturated carbocycles. The molecule has 0 heterocycles. The maximum atomic E-state index is 13.4. The minimum atomic E-state index is -0.552. The first-order valence-electron chi connectivity index (χ1n) is 6.52. The van der Waals surface area contributed by atoms with Crippen LogP contribution in [0, 0.1) is 11.6 Å². The zero-order valence-electron chi connectivity index (χ0n) is 10.8. The van der Waals surface area contributed by atoms with Crippen molar-refractivity contribution in [3.63, 3.8) is 0 Å². The van der Waals surface area contributed by atoms with E-state index in [-0.39, 0.29) is 10.6 Å². The number of hydrogen-bond acceptors (Lipinski definition) is 2. The van der Waals surface area contributed by atoms with Crippen LogP contribution in [-0.2, 0) is 0 Å². The molecule has 0 atom stereocenters. The van der Waals surface area contributed by atoms with E-state index in [1.165, 1.54) is 49.6 Å². The summed E-state index contributed by atoms with van der Waals surface area (Å²) in [5.74, 6) is -0.351. The second-order valence-electron chi connectivity index (χ2n) is 4.43. The number of unbranched alkanes of at least 4 members (excludes halogenated alkanes) is 5. The van der Waals surface area contributed by atoms with Crippen LogP contribution in [0.5, 0.6) is 0 Å². The van der Waals surface area contributed by atoms with E-state index in [2.05, 4.69) is 6.92 Å². The highest BCUT2D eigenvalue weighted by Gasteiger charge is 2.10. The molecule has 0 aliphatic heterocycles. The SMILES string of the molecule is CCCCCCCCSc1c(F)cc(N)cc1F. The Morgan fingerprint density at radius 2 is 1.56 bits per heavy atom. The predicted octanol–water partition coefficient (Wildman–Crippen LogP) is 5.00. The molecule has 1 aromatic rings. The fourth-order valence-electron chi connectivity index (χ4n) is 1.77. The van der Waals surface area contributed by atoms with Gasteiger partial charge < -0.3 is 5.73 Å². The quantitative estimate of drug-likeness (QED) is 0.410. The van der Waals surface area contributed by atoms with E-state index < -0.39 is 11.6 Å². The maximum Gasteiger partial charge on any atom is 0.141 e. The summed E-state index contributed by atoms with van der Waals surface area (Å²) in [7, 11) is 0. The first kappa shape index (κ1) is 15.3. The molecule has 0 amide bonds. The molecule has 0 aliphatic rings. The van der Waals surface area contributed by atoms with Crippen molar-refractivity contribution < 1.29 is 8.78 Å². The molecule has 2 N–H and O–H groups in total. The standard InChI is InChI=1S/C14H21F2NS/c1-2-3-4-5-6-7-8-18-14-12(15)9-11(17)10-13(14)16/h9-10H,2-8,17H2,1H3. The number of anilines is 1. The number of benzene rings is 1. The first-order valence-corrected chi connectivity index (χ1v) is 7.51. The van der Waals surface area contributed by atoms with Gasteiger partial charge >= 0.3 is 0 Å². The van der Waals surface area contributed by atoms with Crippen molar-refractivity contribution in [2.75, 3.05) is 11.5 Å². The lowest BCUT2D eigenvalue weighted by atomic mass is 10.1. The summed E-state index contributed by atoms with van der Waals surface area (Å²) in [6, 6.07) is 2.35. The third kappa shape index (κ3) is 5.25. The zero-order valence-corrected chi connectivity index (χ0v) is 11.7. The molecular formula is C14H21F2NS. The van der Waals surface area contributed by atoms with Crippen LogP contribution in [0.2, 0.25) is 0 Å². The van der Waals surface area contributed by atoms with Gasteiger partial charge in [0.15, 0.2) is 0 Å². The van der Waals surface area contributed by atoms with Gasteiger partial charge in [0.1, 0.15) is 11.6 Å². The summed E-state index contributed by atoms with van der Waals surface area (Å²) >= 11 is 1.24. The van der Waals surface area contributed by atoms with Gasteiger partial charge in [-0.15, -0.1) is 11.8 Å². The van der Waals surface area contributed by atoms with E-state index in [0.717, 1.165) is 18.6 Å². The van der Waals surface area contributed by atoms with Gasteiger partial charge in [0.25, 0.3) is 0 Å². The van der Waals surface area contributed by atoms with E-state index in [0.29, 0.717) is 0 Å². The van der Waals surface area contributed by atoms with Gasteiger partial charge in [0.2, 0.25) is 0 Å². The van der Waals surface area contributed by atoms with Crippen LogP contribution in [-0.4, -0.2) is 5.75 Å². The number of hydrogen-bond donors (Lipinski definition) is 1. The van der Waals surface area contributed by atoms with Gasteiger partial charge in [0, 0.05) is 5.69 Å². The minimum absolute atomic E-state index is 0.0951. The molecule has 0 unspecified atom stereocenters. The van der Waals surface area contributed by atoms with Gasteiger partial charge in [-0.3, -0.25) is 0 Å². The lowest BCUT2D eigenvalue weighted by Gasteiger charge is -2.06. The Bertz CT molecular complexity index is 346. The summed E-state index contributed by atoms with van der Waals surface area (Å²) in [5.41, 5.74) is 5.50. The third-order valence-corrected chi connectivity index (χ3v) is 3.94.